The molecule has 3 nitrogen and oxygen atoms in total. The molecule has 14 heavy (non-hydrogen) atoms. The second-order valence-electron chi connectivity index (χ2n) is 3.93. The Morgan fingerprint density at radius 2 is 2.00 bits per heavy atom. The van der Waals surface area contributed by atoms with Crippen LogP contribution >= 0.6 is 12.2 Å². The topological polar surface area (TPSA) is 21.7 Å². The predicted molar refractivity (Wildman–Crippen MR) is 60.4 cm³/mol. The molecular formula is C10H19NO2S. The maximum absolute atomic E-state index is 5.48. The summed E-state index contributed by atoms with van der Waals surface area (Å²) in [6, 6.07) is 0. The van der Waals surface area contributed by atoms with Gasteiger partial charge in [0, 0.05) is 18.8 Å². The minimum Gasteiger partial charge on any atom is -0.456 e. The number of likely N-dealkylation sites (N-methyl/N-ethyl adjacent to an activating group) is 1. The van der Waals surface area contributed by atoms with Gasteiger partial charge in [-0.2, -0.15) is 0 Å². The summed E-state index contributed by atoms with van der Waals surface area (Å²) < 4.78 is 10.8. The van der Waals surface area contributed by atoms with Gasteiger partial charge in [0.1, 0.15) is 12.7 Å². The molecular weight excluding hydrogens is 198 g/mol. The van der Waals surface area contributed by atoms with Gasteiger partial charge in [0.2, 0.25) is 0 Å². The van der Waals surface area contributed by atoms with Gasteiger partial charge < -0.3 is 14.4 Å². The molecule has 0 N–H and O–H groups in total. The van der Waals surface area contributed by atoms with Gasteiger partial charge in [-0.05, 0) is 39.8 Å². The van der Waals surface area contributed by atoms with E-state index in [1.165, 1.54) is 12.8 Å². The van der Waals surface area contributed by atoms with Crippen LogP contribution in [0.2, 0.25) is 0 Å². The molecule has 82 valence electrons. The molecule has 1 fully saturated rings. The van der Waals surface area contributed by atoms with E-state index in [-0.39, 0.29) is 0 Å². The molecule has 1 saturated carbocycles. The van der Waals surface area contributed by atoms with Crippen LogP contribution in [0.5, 0.6) is 0 Å². The maximum atomic E-state index is 5.48. The van der Waals surface area contributed by atoms with Crippen LogP contribution in [0.15, 0.2) is 0 Å². The van der Waals surface area contributed by atoms with E-state index in [1.54, 1.807) is 0 Å². The third-order valence-corrected chi connectivity index (χ3v) is 2.54. The third-order valence-electron chi connectivity index (χ3n) is 2.32. The molecule has 0 aliphatic heterocycles. The Morgan fingerprint density at radius 3 is 2.57 bits per heavy atom. The van der Waals surface area contributed by atoms with Crippen LogP contribution in [-0.2, 0) is 9.47 Å². The molecule has 0 aromatic heterocycles. The largest absolute Gasteiger partial charge is 0.456 e. The summed E-state index contributed by atoms with van der Waals surface area (Å²) in [5.41, 5.74) is 0. The number of nitrogens with zero attached hydrogens (tertiary/aromatic N) is 1. The first-order valence-electron chi connectivity index (χ1n) is 5.16. The van der Waals surface area contributed by atoms with Gasteiger partial charge in [0.05, 0.1) is 0 Å². The second-order valence-corrected chi connectivity index (χ2v) is 4.26. The van der Waals surface area contributed by atoms with Gasteiger partial charge in [-0.25, -0.2) is 0 Å². The number of rotatable bonds is 4. The summed E-state index contributed by atoms with van der Waals surface area (Å²) in [4.78, 5) is 2.05. The lowest BCUT2D eigenvalue weighted by Gasteiger charge is -2.15. The van der Waals surface area contributed by atoms with Crippen LogP contribution < -0.4 is 0 Å². The first kappa shape index (κ1) is 11.7. The molecule has 1 aliphatic carbocycles. The molecule has 0 unspecified atom stereocenters. The van der Waals surface area contributed by atoms with Crippen LogP contribution in [0.4, 0.5) is 0 Å². The van der Waals surface area contributed by atoms with Crippen molar-refractivity contribution in [2.24, 2.45) is 0 Å². The monoisotopic (exact) mass is 217 g/mol. The lowest BCUT2D eigenvalue weighted by molar-refractivity contribution is 0.116. The number of hydrogen-bond acceptors (Lipinski definition) is 4. The van der Waals surface area contributed by atoms with Gasteiger partial charge in [0.25, 0.3) is 0 Å². The Kier molecular flexibility index (Phi) is 5.19. The standard InChI is InChI=1S/C10H19NO2S/c1-11(2)7-8-12-10(14)13-9-5-3-4-6-9/h9H,3-8H2,1-2H3. The van der Waals surface area contributed by atoms with E-state index in [2.05, 4.69) is 4.90 Å². The molecule has 1 rings (SSSR count). The molecule has 0 amide bonds. The Balaban J connectivity index is 2.03. The summed E-state index contributed by atoms with van der Waals surface area (Å²) in [6.07, 6.45) is 5.06. The average Bonchev–Trinajstić information content (AvgIpc) is 2.56. The van der Waals surface area contributed by atoms with Gasteiger partial charge in [0.15, 0.2) is 0 Å². The van der Waals surface area contributed by atoms with Crippen molar-refractivity contribution in [2.45, 2.75) is 31.8 Å². The highest BCUT2D eigenvalue weighted by Crippen LogP contribution is 2.21. The maximum Gasteiger partial charge on any atom is 0.352 e. The fourth-order valence-electron chi connectivity index (χ4n) is 1.49. The predicted octanol–water partition coefficient (Wildman–Crippen LogP) is 1.81. The zero-order valence-corrected chi connectivity index (χ0v) is 9.81. The molecule has 0 bridgehead atoms. The Labute approximate surface area is 91.4 Å². The van der Waals surface area contributed by atoms with Crippen molar-refractivity contribution in [3.63, 3.8) is 0 Å². The van der Waals surface area contributed by atoms with Gasteiger partial charge in [-0.15, -0.1) is 0 Å². The molecule has 0 heterocycles. The van der Waals surface area contributed by atoms with Crippen molar-refractivity contribution in [2.75, 3.05) is 27.2 Å². The first-order chi connectivity index (χ1) is 6.68. The van der Waals surface area contributed by atoms with Crippen molar-refractivity contribution < 1.29 is 9.47 Å². The van der Waals surface area contributed by atoms with E-state index < -0.39 is 0 Å². The average molecular weight is 217 g/mol. The number of thiocarbonyl (C=S) groups is 1. The molecule has 1 aliphatic rings. The summed E-state index contributed by atoms with van der Waals surface area (Å²) in [5.74, 6) is 0. The number of ether oxygens (including phenoxy) is 2. The SMILES string of the molecule is CN(C)CCOC(=S)OC1CCCC1. The van der Waals surface area contributed by atoms with Gasteiger partial charge >= 0.3 is 5.24 Å². The highest BCUT2D eigenvalue weighted by molar-refractivity contribution is 7.79. The van der Waals surface area contributed by atoms with Crippen LogP contribution in [0.3, 0.4) is 0 Å². The van der Waals surface area contributed by atoms with Crippen LogP contribution in [-0.4, -0.2) is 43.5 Å². The van der Waals surface area contributed by atoms with E-state index in [0.29, 0.717) is 17.9 Å². The molecule has 0 saturated heterocycles. The lowest BCUT2D eigenvalue weighted by atomic mass is 10.3. The zero-order valence-electron chi connectivity index (χ0n) is 8.99. The van der Waals surface area contributed by atoms with Crippen LogP contribution in [0.1, 0.15) is 25.7 Å². The highest BCUT2D eigenvalue weighted by atomic mass is 32.1. The fraction of sp³-hybridized carbons (Fsp3) is 0.900. The zero-order chi connectivity index (χ0) is 10.4. The molecule has 0 atom stereocenters. The molecule has 0 spiro atoms. The third kappa shape index (κ3) is 4.77. The fourth-order valence-corrected chi connectivity index (χ4v) is 1.71. The summed E-state index contributed by atoms with van der Waals surface area (Å²) in [7, 11) is 4.01. The number of hydrogen-bond donors (Lipinski definition) is 0. The summed E-state index contributed by atoms with van der Waals surface area (Å²) in [5, 5.41) is 0.318. The van der Waals surface area contributed by atoms with Gasteiger partial charge in [-0.1, -0.05) is 0 Å². The summed E-state index contributed by atoms with van der Waals surface area (Å²) in [6.45, 7) is 1.48. The Hall–Kier alpha value is -0.350. The highest BCUT2D eigenvalue weighted by Gasteiger charge is 2.17. The van der Waals surface area contributed by atoms with E-state index in [4.69, 9.17) is 21.7 Å². The van der Waals surface area contributed by atoms with E-state index in [1.807, 2.05) is 14.1 Å². The van der Waals surface area contributed by atoms with E-state index >= 15 is 0 Å². The quantitative estimate of drug-likeness (QED) is 0.669. The Bertz CT molecular complexity index is 179. The molecule has 0 aromatic rings. The van der Waals surface area contributed by atoms with E-state index in [0.717, 1.165) is 19.4 Å². The Morgan fingerprint density at radius 1 is 1.36 bits per heavy atom. The van der Waals surface area contributed by atoms with Crippen molar-refractivity contribution in [3.8, 4) is 0 Å². The lowest BCUT2D eigenvalue weighted by Crippen LogP contribution is -2.22. The van der Waals surface area contributed by atoms with Crippen LogP contribution in [0.25, 0.3) is 0 Å². The summed E-state index contributed by atoms with van der Waals surface area (Å²) >= 11 is 4.98. The van der Waals surface area contributed by atoms with Crippen molar-refractivity contribution in [1.82, 2.24) is 4.90 Å². The molecule has 0 aromatic carbocycles. The second kappa shape index (κ2) is 6.19. The smallest absolute Gasteiger partial charge is 0.352 e. The van der Waals surface area contributed by atoms with E-state index in [9.17, 15) is 0 Å². The minimum absolute atomic E-state index is 0.307. The van der Waals surface area contributed by atoms with Crippen molar-refractivity contribution >= 4 is 17.5 Å². The first-order valence-corrected chi connectivity index (χ1v) is 5.57. The molecule has 4 heteroatoms. The normalized spacial score (nSPS) is 17.4. The van der Waals surface area contributed by atoms with Crippen molar-refractivity contribution in [3.05, 3.63) is 0 Å². The van der Waals surface area contributed by atoms with Gasteiger partial charge in [-0.3, -0.25) is 0 Å². The molecule has 0 radical (unpaired) electrons. The minimum atomic E-state index is 0.307. The van der Waals surface area contributed by atoms with Crippen molar-refractivity contribution in [1.29, 1.82) is 0 Å². The van der Waals surface area contributed by atoms with Crippen LogP contribution in [0, 0.1) is 0 Å².